The Balaban J connectivity index is 1.46. The van der Waals surface area contributed by atoms with Gasteiger partial charge in [0, 0.05) is 32.8 Å². The molecule has 1 atom stereocenters. The molecule has 1 unspecified atom stereocenters. The Labute approximate surface area is 166 Å². The molecule has 1 fully saturated rings. The fourth-order valence-electron chi connectivity index (χ4n) is 3.68. The Hall–Kier alpha value is -3.29. The predicted molar refractivity (Wildman–Crippen MR) is 104 cm³/mol. The van der Waals surface area contributed by atoms with E-state index in [2.05, 4.69) is 10.1 Å². The largest absolute Gasteiger partial charge is 0.339 e. The van der Waals surface area contributed by atoms with Crippen LogP contribution < -0.4 is 5.56 Å². The van der Waals surface area contributed by atoms with Gasteiger partial charge in [0.1, 0.15) is 11.4 Å². The Kier molecular flexibility index (Phi) is 5.24. The Morgan fingerprint density at radius 3 is 2.93 bits per heavy atom. The number of hydrogen-bond acceptors (Lipinski definition) is 5. The fourth-order valence-corrected chi connectivity index (χ4v) is 3.68. The fraction of sp³-hybridized carbons (Fsp3) is 0.333. The maximum absolute atomic E-state index is 13.9. The third-order valence-corrected chi connectivity index (χ3v) is 5.21. The van der Waals surface area contributed by atoms with Gasteiger partial charge < -0.3 is 14.0 Å². The highest BCUT2D eigenvalue weighted by molar-refractivity contribution is 5.93. The molecule has 1 aromatic carbocycles. The highest BCUT2D eigenvalue weighted by atomic mass is 19.1. The van der Waals surface area contributed by atoms with Crippen LogP contribution in [0, 0.1) is 11.7 Å². The van der Waals surface area contributed by atoms with Crippen molar-refractivity contribution in [2.45, 2.75) is 19.3 Å². The first-order valence-corrected chi connectivity index (χ1v) is 9.55. The van der Waals surface area contributed by atoms with Gasteiger partial charge in [-0.05, 0) is 43.0 Å². The molecule has 0 N–H and O–H groups in total. The minimum absolute atomic E-state index is 0.134. The van der Waals surface area contributed by atoms with E-state index in [0.29, 0.717) is 31.0 Å². The smallest absolute Gasteiger partial charge is 0.263 e. The van der Waals surface area contributed by atoms with Crippen LogP contribution in [0.25, 0.3) is 11.4 Å². The molecule has 1 aliphatic rings. The van der Waals surface area contributed by atoms with Gasteiger partial charge >= 0.3 is 0 Å². The summed E-state index contributed by atoms with van der Waals surface area (Å²) in [5.41, 5.74) is 0.171. The van der Waals surface area contributed by atoms with Crippen LogP contribution in [0.15, 0.2) is 51.9 Å². The number of nitrogens with zero attached hydrogens (tertiary/aromatic N) is 4. The van der Waals surface area contributed by atoms with Gasteiger partial charge in [0.25, 0.3) is 11.5 Å². The molecule has 0 spiro atoms. The summed E-state index contributed by atoms with van der Waals surface area (Å²) in [5.74, 6) is 0.106. The number of pyridine rings is 1. The second-order valence-corrected chi connectivity index (χ2v) is 7.29. The van der Waals surface area contributed by atoms with E-state index in [-0.39, 0.29) is 28.8 Å². The van der Waals surface area contributed by atoms with Crippen molar-refractivity contribution in [1.29, 1.82) is 0 Å². The SMILES string of the molecule is Cn1cccc(C(=O)N2CCCC(Cc3nc(-c4ccccc4F)no3)C2)c1=O. The van der Waals surface area contributed by atoms with Crippen LogP contribution in [0.4, 0.5) is 4.39 Å². The van der Waals surface area contributed by atoms with Crippen molar-refractivity contribution in [3.05, 3.63) is 70.2 Å². The lowest BCUT2D eigenvalue weighted by Crippen LogP contribution is -2.42. The molecule has 150 valence electrons. The number of piperidine rings is 1. The second kappa shape index (κ2) is 7.98. The zero-order chi connectivity index (χ0) is 20.4. The summed E-state index contributed by atoms with van der Waals surface area (Å²) in [7, 11) is 1.63. The number of carbonyl (C=O) groups is 1. The van der Waals surface area contributed by atoms with Gasteiger partial charge in [-0.25, -0.2) is 4.39 Å². The predicted octanol–water partition coefficient (Wildman–Crippen LogP) is 2.67. The summed E-state index contributed by atoms with van der Waals surface area (Å²) in [6, 6.07) is 9.53. The second-order valence-electron chi connectivity index (χ2n) is 7.29. The Morgan fingerprint density at radius 1 is 1.28 bits per heavy atom. The summed E-state index contributed by atoms with van der Waals surface area (Å²) in [5, 5.41) is 3.89. The molecule has 8 heteroatoms. The Morgan fingerprint density at radius 2 is 2.10 bits per heavy atom. The minimum atomic E-state index is -0.404. The molecule has 4 rings (SSSR count). The van der Waals surface area contributed by atoms with Crippen LogP contribution in [-0.4, -0.2) is 38.6 Å². The van der Waals surface area contributed by atoms with E-state index < -0.39 is 5.82 Å². The summed E-state index contributed by atoms with van der Waals surface area (Å²) in [6.45, 7) is 1.12. The van der Waals surface area contributed by atoms with Crippen LogP contribution in [0.1, 0.15) is 29.1 Å². The summed E-state index contributed by atoms with van der Waals surface area (Å²) in [4.78, 5) is 31.1. The monoisotopic (exact) mass is 396 g/mol. The number of hydrogen-bond donors (Lipinski definition) is 0. The van der Waals surface area contributed by atoms with Gasteiger partial charge in [-0.1, -0.05) is 17.3 Å². The molecule has 0 radical (unpaired) electrons. The first-order chi connectivity index (χ1) is 14.0. The normalized spacial score (nSPS) is 16.8. The molecule has 0 bridgehead atoms. The standard InChI is InChI=1S/C21H21FN4O3/c1-25-10-5-8-16(20(25)27)21(28)26-11-4-6-14(13-26)12-18-23-19(24-29-18)15-7-2-3-9-17(15)22/h2-3,5,7-10,14H,4,6,11-13H2,1H3. The molecule has 2 aromatic heterocycles. The molecule has 1 aliphatic heterocycles. The molecule has 0 aliphatic carbocycles. The lowest BCUT2D eigenvalue weighted by atomic mass is 9.94. The van der Waals surface area contributed by atoms with Crippen molar-refractivity contribution < 1.29 is 13.7 Å². The molecule has 7 nitrogen and oxygen atoms in total. The van der Waals surface area contributed by atoms with Crippen molar-refractivity contribution in [3.63, 3.8) is 0 Å². The van der Waals surface area contributed by atoms with Gasteiger partial charge in [0.15, 0.2) is 0 Å². The highest BCUT2D eigenvalue weighted by Crippen LogP contribution is 2.24. The number of amides is 1. The van der Waals surface area contributed by atoms with Crippen molar-refractivity contribution >= 4 is 5.91 Å². The number of halogens is 1. The summed E-state index contributed by atoms with van der Waals surface area (Å²) >= 11 is 0. The van der Waals surface area contributed by atoms with E-state index in [9.17, 15) is 14.0 Å². The van der Waals surface area contributed by atoms with E-state index >= 15 is 0 Å². The average Bonchev–Trinajstić information content (AvgIpc) is 3.18. The lowest BCUT2D eigenvalue weighted by Gasteiger charge is -2.32. The maximum Gasteiger partial charge on any atom is 0.263 e. The van der Waals surface area contributed by atoms with Gasteiger partial charge in [-0.3, -0.25) is 9.59 Å². The number of rotatable bonds is 4. The Bertz CT molecular complexity index is 1090. The van der Waals surface area contributed by atoms with Gasteiger partial charge in [0.05, 0.1) is 5.56 Å². The van der Waals surface area contributed by atoms with Crippen LogP contribution in [-0.2, 0) is 13.5 Å². The van der Waals surface area contributed by atoms with Gasteiger partial charge in [-0.2, -0.15) is 4.98 Å². The molecule has 1 saturated heterocycles. The minimum Gasteiger partial charge on any atom is -0.339 e. The number of aryl methyl sites for hydroxylation is 1. The van der Waals surface area contributed by atoms with Crippen LogP contribution in [0.5, 0.6) is 0 Å². The van der Waals surface area contributed by atoms with Crippen molar-refractivity contribution in [3.8, 4) is 11.4 Å². The zero-order valence-corrected chi connectivity index (χ0v) is 16.0. The van der Waals surface area contributed by atoms with Crippen LogP contribution in [0.2, 0.25) is 0 Å². The molecule has 1 amide bonds. The van der Waals surface area contributed by atoms with Crippen molar-refractivity contribution in [1.82, 2.24) is 19.6 Å². The first-order valence-electron chi connectivity index (χ1n) is 9.55. The third kappa shape index (κ3) is 3.96. The van der Waals surface area contributed by atoms with Crippen LogP contribution in [0.3, 0.4) is 0 Å². The average molecular weight is 396 g/mol. The number of benzene rings is 1. The van der Waals surface area contributed by atoms with Gasteiger partial charge in [-0.15, -0.1) is 0 Å². The molecule has 3 heterocycles. The molecular formula is C21H21FN4O3. The highest BCUT2D eigenvalue weighted by Gasteiger charge is 2.27. The lowest BCUT2D eigenvalue weighted by molar-refractivity contribution is 0.0665. The molecule has 29 heavy (non-hydrogen) atoms. The van der Waals surface area contributed by atoms with Gasteiger partial charge in [0.2, 0.25) is 11.7 Å². The van der Waals surface area contributed by atoms with E-state index in [0.717, 1.165) is 12.8 Å². The first kappa shape index (κ1) is 19.0. The van der Waals surface area contributed by atoms with E-state index in [1.165, 1.54) is 10.6 Å². The van der Waals surface area contributed by atoms with Crippen molar-refractivity contribution in [2.75, 3.05) is 13.1 Å². The zero-order valence-electron chi connectivity index (χ0n) is 16.0. The van der Waals surface area contributed by atoms with E-state index in [1.807, 2.05) is 0 Å². The van der Waals surface area contributed by atoms with E-state index in [1.54, 1.807) is 48.5 Å². The topological polar surface area (TPSA) is 81.2 Å². The summed E-state index contributed by atoms with van der Waals surface area (Å²) < 4.78 is 20.6. The maximum atomic E-state index is 13.9. The molecule has 0 saturated carbocycles. The molecule has 3 aromatic rings. The number of carbonyl (C=O) groups excluding carboxylic acids is 1. The summed E-state index contributed by atoms with van der Waals surface area (Å²) in [6.07, 6.45) is 3.87. The third-order valence-electron chi connectivity index (χ3n) is 5.21. The van der Waals surface area contributed by atoms with E-state index in [4.69, 9.17) is 4.52 Å². The number of likely N-dealkylation sites (tertiary alicyclic amines) is 1. The molecular weight excluding hydrogens is 375 g/mol. The number of aromatic nitrogens is 3. The van der Waals surface area contributed by atoms with Crippen molar-refractivity contribution in [2.24, 2.45) is 13.0 Å². The van der Waals surface area contributed by atoms with Crippen LogP contribution >= 0.6 is 0 Å². The quantitative estimate of drug-likeness (QED) is 0.677.